The molecular formula is C19H17N11S. The predicted molar refractivity (Wildman–Crippen MR) is 114 cm³/mol. The highest BCUT2D eigenvalue weighted by Crippen LogP contribution is 2.43. The van der Waals surface area contributed by atoms with Gasteiger partial charge in [0.2, 0.25) is 0 Å². The zero-order valence-corrected chi connectivity index (χ0v) is 17.5. The molecule has 1 aliphatic rings. The van der Waals surface area contributed by atoms with Gasteiger partial charge in [-0.1, -0.05) is 6.92 Å². The molecule has 154 valence electrons. The molecule has 1 atom stereocenters. The lowest BCUT2D eigenvalue weighted by Gasteiger charge is -2.35. The minimum absolute atomic E-state index is 0.0320. The molecule has 1 N–H and O–H groups in total. The molecule has 0 saturated heterocycles. The molecule has 0 radical (unpaired) electrons. The Bertz CT molecular complexity index is 1360. The Balaban J connectivity index is 1.56. The third-order valence-corrected chi connectivity index (χ3v) is 6.13. The van der Waals surface area contributed by atoms with E-state index in [-0.39, 0.29) is 6.04 Å². The van der Waals surface area contributed by atoms with Crippen LogP contribution in [0.5, 0.6) is 0 Å². The lowest BCUT2D eigenvalue weighted by Crippen LogP contribution is -2.32. The maximum absolute atomic E-state index is 5.01. The molecule has 0 aromatic carbocycles. The number of nitrogens with one attached hydrogen (secondary N) is 1. The highest BCUT2D eigenvalue weighted by atomic mass is 32.1. The average molecular weight is 431 g/mol. The van der Waals surface area contributed by atoms with Gasteiger partial charge in [-0.05, 0) is 12.5 Å². The Morgan fingerprint density at radius 1 is 1.23 bits per heavy atom. The van der Waals surface area contributed by atoms with Gasteiger partial charge in [0.25, 0.3) is 0 Å². The second-order valence-corrected chi connectivity index (χ2v) is 7.98. The van der Waals surface area contributed by atoms with Gasteiger partial charge in [-0.25, -0.2) is 15.0 Å². The first-order chi connectivity index (χ1) is 15.2. The maximum Gasteiger partial charge on any atom is 0.174 e. The van der Waals surface area contributed by atoms with Crippen LogP contribution in [-0.4, -0.2) is 49.7 Å². The Kier molecular flexibility index (Phi) is 3.93. The molecular weight excluding hydrogens is 414 g/mol. The highest BCUT2D eigenvalue weighted by Gasteiger charge is 2.35. The van der Waals surface area contributed by atoms with Crippen LogP contribution in [-0.2, 0) is 7.05 Å². The summed E-state index contributed by atoms with van der Waals surface area (Å²) in [7, 11) is 1.90. The molecule has 1 aliphatic heterocycles. The van der Waals surface area contributed by atoms with Crippen LogP contribution in [0.2, 0.25) is 0 Å². The molecule has 5 aromatic rings. The summed E-state index contributed by atoms with van der Waals surface area (Å²) in [6.07, 6.45) is 9.87. The number of hydrogen-bond acceptors (Lipinski definition) is 9. The number of nitrogens with zero attached hydrogens (tertiary/aromatic N) is 10. The van der Waals surface area contributed by atoms with E-state index in [4.69, 9.17) is 4.98 Å². The van der Waals surface area contributed by atoms with E-state index in [2.05, 4.69) is 47.3 Å². The van der Waals surface area contributed by atoms with Crippen molar-refractivity contribution < 1.29 is 0 Å². The van der Waals surface area contributed by atoms with Gasteiger partial charge in [0.05, 0.1) is 35.3 Å². The van der Waals surface area contributed by atoms with E-state index in [1.165, 1.54) is 11.3 Å². The number of aryl methyl sites for hydroxylation is 1. The van der Waals surface area contributed by atoms with Gasteiger partial charge in [0.1, 0.15) is 22.6 Å². The fourth-order valence-corrected chi connectivity index (χ4v) is 4.67. The Morgan fingerprint density at radius 2 is 2.16 bits per heavy atom. The van der Waals surface area contributed by atoms with E-state index in [1.807, 2.05) is 36.3 Å². The molecule has 0 aliphatic carbocycles. The number of aromatic amines is 1. The normalized spacial score (nSPS) is 15.2. The quantitative estimate of drug-likeness (QED) is 0.461. The van der Waals surface area contributed by atoms with Crippen LogP contribution in [0.15, 0.2) is 42.7 Å². The lowest BCUT2D eigenvalue weighted by molar-refractivity contribution is 0.589. The molecule has 12 heteroatoms. The summed E-state index contributed by atoms with van der Waals surface area (Å²) in [5.41, 5.74) is 5.16. The fourth-order valence-electron chi connectivity index (χ4n) is 3.93. The van der Waals surface area contributed by atoms with Gasteiger partial charge in [0.15, 0.2) is 17.5 Å². The predicted octanol–water partition coefficient (Wildman–Crippen LogP) is 2.91. The van der Waals surface area contributed by atoms with Crippen molar-refractivity contribution in [1.29, 1.82) is 0 Å². The largest absolute Gasteiger partial charge is 0.311 e. The van der Waals surface area contributed by atoms with E-state index in [1.54, 1.807) is 22.7 Å². The highest BCUT2D eigenvalue weighted by molar-refractivity contribution is 7.13. The van der Waals surface area contributed by atoms with Gasteiger partial charge in [-0.15, -0.1) is 21.5 Å². The van der Waals surface area contributed by atoms with E-state index in [0.717, 1.165) is 45.7 Å². The topological polar surface area (TPSA) is 119 Å². The monoisotopic (exact) mass is 431 g/mol. The van der Waals surface area contributed by atoms with Crippen molar-refractivity contribution in [1.82, 2.24) is 49.7 Å². The molecule has 0 spiro atoms. The fraction of sp³-hybridized carbons (Fsp3) is 0.211. The van der Waals surface area contributed by atoms with Crippen molar-refractivity contribution in [2.75, 3.05) is 4.90 Å². The van der Waals surface area contributed by atoms with E-state index in [9.17, 15) is 0 Å². The zero-order chi connectivity index (χ0) is 20.9. The molecule has 6 rings (SSSR count). The van der Waals surface area contributed by atoms with Crippen LogP contribution in [0, 0.1) is 0 Å². The van der Waals surface area contributed by atoms with E-state index >= 15 is 0 Å². The van der Waals surface area contributed by atoms with Crippen LogP contribution in [0.4, 0.5) is 11.5 Å². The Hall–Kier alpha value is -3.93. The minimum Gasteiger partial charge on any atom is -0.311 e. The smallest absolute Gasteiger partial charge is 0.174 e. The van der Waals surface area contributed by atoms with Gasteiger partial charge >= 0.3 is 0 Å². The molecule has 0 saturated carbocycles. The SMILES string of the molecule is CCC1c2nncn2-c2cnc(-c3scnc3-c3ccn[nH]3)nc2N1c1cnn(C)c1. The third kappa shape index (κ3) is 2.68. The first kappa shape index (κ1) is 17.9. The van der Waals surface area contributed by atoms with Gasteiger partial charge in [-0.3, -0.25) is 14.3 Å². The van der Waals surface area contributed by atoms with Crippen molar-refractivity contribution in [3.8, 4) is 27.8 Å². The second kappa shape index (κ2) is 6.80. The summed E-state index contributed by atoms with van der Waals surface area (Å²) in [6, 6.07) is 1.85. The Labute approximate surface area is 180 Å². The summed E-state index contributed by atoms with van der Waals surface area (Å²) in [5.74, 6) is 2.23. The average Bonchev–Trinajstić information content (AvgIpc) is 3.58. The molecule has 11 nitrogen and oxygen atoms in total. The van der Waals surface area contributed by atoms with Gasteiger partial charge < -0.3 is 4.90 Å². The number of thiazole rings is 1. The van der Waals surface area contributed by atoms with Crippen LogP contribution in [0.25, 0.3) is 27.8 Å². The number of rotatable bonds is 4. The standard InChI is InChI=1S/C19H17N11S/c1-3-13-19-27-23-9-29(19)14-7-20-17(16-15(21-10-31-16)12-4-5-22-26-12)25-18(14)30(13)11-6-24-28(2)8-11/h4-10,13H,3H2,1-2H3,(H,22,26). The summed E-state index contributed by atoms with van der Waals surface area (Å²) in [4.78, 5) is 17.2. The first-order valence-electron chi connectivity index (χ1n) is 9.73. The summed E-state index contributed by atoms with van der Waals surface area (Å²) in [6.45, 7) is 2.12. The van der Waals surface area contributed by atoms with Gasteiger partial charge in [0, 0.05) is 19.4 Å². The van der Waals surface area contributed by atoms with Crippen molar-refractivity contribution >= 4 is 22.8 Å². The number of aromatic nitrogens is 10. The van der Waals surface area contributed by atoms with Crippen LogP contribution < -0.4 is 4.90 Å². The van der Waals surface area contributed by atoms with E-state index in [0.29, 0.717) is 5.82 Å². The lowest BCUT2D eigenvalue weighted by atomic mass is 10.1. The number of hydrogen-bond donors (Lipinski definition) is 1. The summed E-state index contributed by atoms with van der Waals surface area (Å²) >= 11 is 1.50. The van der Waals surface area contributed by atoms with Crippen molar-refractivity contribution in [2.24, 2.45) is 7.05 Å². The zero-order valence-electron chi connectivity index (χ0n) is 16.7. The van der Waals surface area contributed by atoms with Crippen LogP contribution in [0.1, 0.15) is 25.2 Å². The Morgan fingerprint density at radius 3 is 2.94 bits per heavy atom. The van der Waals surface area contributed by atoms with Crippen LogP contribution in [0.3, 0.4) is 0 Å². The molecule has 6 heterocycles. The third-order valence-electron chi connectivity index (χ3n) is 5.30. The second-order valence-electron chi connectivity index (χ2n) is 7.13. The van der Waals surface area contributed by atoms with E-state index < -0.39 is 0 Å². The number of fused-ring (bicyclic) bond motifs is 3. The molecule has 31 heavy (non-hydrogen) atoms. The van der Waals surface area contributed by atoms with Gasteiger partial charge in [-0.2, -0.15) is 10.2 Å². The summed E-state index contributed by atoms with van der Waals surface area (Å²) < 4.78 is 3.74. The summed E-state index contributed by atoms with van der Waals surface area (Å²) in [5, 5.41) is 19.9. The van der Waals surface area contributed by atoms with Crippen molar-refractivity contribution in [3.05, 3.63) is 48.5 Å². The molecule has 0 bridgehead atoms. The van der Waals surface area contributed by atoms with Crippen molar-refractivity contribution in [3.63, 3.8) is 0 Å². The molecule has 1 unspecified atom stereocenters. The molecule has 5 aromatic heterocycles. The number of H-pyrrole nitrogens is 1. The molecule has 0 fully saturated rings. The van der Waals surface area contributed by atoms with Crippen LogP contribution >= 0.6 is 11.3 Å². The minimum atomic E-state index is -0.0320. The molecule has 0 amide bonds. The van der Waals surface area contributed by atoms with Crippen molar-refractivity contribution in [2.45, 2.75) is 19.4 Å². The first-order valence-corrected chi connectivity index (χ1v) is 10.6. The number of anilines is 2. The maximum atomic E-state index is 5.01.